The third-order valence-corrected chi connectivity index (χ3v) is 7.46. The van der Waals surface area contributed by atoms with Crippen molar-refractivity contribution in [2.75, 3.05) is 6.61 Å². The number of benzene rings is 3. The fourth-order valence-electron chi connectivity index (χ4n) is 5.26. The Morgan fingerprint density at radius 2 is 1.90 bits per heavy atom. The number of fused-ring (bicyclic) bond motifs is 1. The van der Waals surface area contributed by atoms with E-state index in [1.807, 2.05) is 0 Å². The number of aryl methyl sites for hydroxylation is 1. The van der Waals surface area contributed by atoms with Gasteiger partial charge in [-0.25, -0.2) is 18.7 Å². The third kappa shape index (κ3) is 5.13. The quantitative estimate of drug-likeness (QED) is 0.265. The minimum atomic E-state index is -4.71. The number of aromatic nitrogens is 6. The molecule has 0 bridgehead atoms. The molecule has 6 rings (SSSR count). The maximum Gasteiger partial charge on any atom is 0.418 e. The lowest BCUT2D eigenvalue weighted by Gasteiger charge is -2.38. The lowest BCUT2D eigenvalue weighted by Crippen LogP contribution is -2.45. The zero-order valence-electron chi connectivity index (χ0n) is 21.9. The van der Waals surface area contributed by atoms with Crippen molar-refractivity contribution in [2.45, 2.75) is 43.9 Å². The molecule has 14 heteroatoms. The van der Waals surface area contributed by atoms with Gasteiger partial charge in [-0.15, -0.1) is 5.10 Å². The molecule has 4 unspecified atom stereocenters. The van der Waals surface area contributed by atoms with Gasteiger partial charge < -0.3 is 14.9 Å². The molecule has 1 aliphatic rings. The summed E-state index contributed by atoms with van der Waals surface area (Å²) in [5, 5.41) is 34.7. The number of nitrogens with zero attached hydrogens (tertiary/aromatic N) is 6. The third-order valence-electron chi connectivity index (χ3n) is 7.23. The number of hydrogen-bond donors (Lipinski definition) is 2. The highest BCUT2D eigenvalue weighted by Crippen LogP contribution is 2.40. The van der Waals surface area contributed by atoms with Gasteiger partial charge in [0.2, 0.25) is 0 Å². The van der Waals surface area contributed by atoms with Crippen LogP contribution >= 0.6 is 11.6 Å². The van der Waals surface area contributed by atoms with Crippen LogP contribution in [0.2, 0.25) is 5.02 Å². The summed E-state index contributed by atoms with van der Waals surface area (Å²) in [6.07, 6.45) is -6.59. The normalized spacial score (nSPS) is 21.2. The molecule has 3 heterocycles. The van der Waals surface area contributed by atoms with E-state index in [-0.39, 0.29) is 28.8 Å². The van der Waals surface area contributed by atoms with Crippen LogP contribution in [0.3, 0.4) is 0 Å². The molecule has 9 nitrogen and oxygen atoms in total. The molecule has 1 aliphatic heterocycles. The van der Waals surface area contributed by atoms with Crippen LogP contribution in [0, 0.1) is 12.7 Å². The molecule has 0 saturated carbocycles. The van der Waals surface area contributed by atoms with Gasteiger partial charge in [-0.05, 0) is 42.6 Å². The number of hydrogen-bond acceptors (Lipinski definition) is 7. The Kier molecular flexibility index (Phi) is 7.21. The highest BCUT2D eigenvalue weighted by Gasteiger charge is 2.42. The number of halogens is 5. The summed E-state index contributed by atoms with van der Waals surface area (Å²) in [6.45, 7) is 0.923. The number of alkyl halides is 3. The molecule has 5 aromatic rings. The van der Waals surface area contributed by atoms with Crippen molar-refractivity contribution >= 4 is 22.4 Å². The lowest BCUT2D eigenvalue weighted by molar-refractivity contribution is -0.161. The van der Waals surface area contributed by atoms with Crippen molar-refractivity contribution in [1.29, 1.82) is 0 Å². The van der Waals surface area contributed by atoms with E-state index in [9.17, 15) is 27.8 Å². The van der Waals surface area contributed by atoms with Crippen molar-refractivity contribution in [3.8, 4) is 16.9 Å². The van der Waals surface area contributed by atoms with Crippen molar-refractivity contribution in [1.82, 2.24) is 29.8 Å². The molecule has 0 spiro atoms. The first kappa shape index (κ1) is 28.2. The first-order valence-electron chi connectivity index (χ1n) is 12.9. The van der Waals surface area contributed by atoms with Crippen molar-refractivity contribution in [3.05, 3.63) is 88.8 Å². The van der Waals surface area contributed by atoms with Gasteiger partial charge in [0.15, 0.2) is 5.82 Å². The Hall–Kier alpha value is -3.91. The van der Waals surface area contributed by atoms with Crippen molar-refractivity contribution in [2.24, 2.45) is 0 Å². The molecular weight excluding hydrogens is 580 g/mol. The predicted octanol–water partition coefficient (Wildman–Crippen LogP) is 5.22. The molecule has 0 aliphatic carbocycles. The van der Waals surface area contributed by atoms with Crippen LogP contribution in [0.15, 0.2) is 60.8 Å². The van der Waals surface area contributed by atoms with Crippen LogP contribution in [0.25, 0.3) is 27.7 Å². The minimum Gasteiger partial charge on any atom is -0.394 e. The Bertz CT molecular complexity index is 1770. The highest BCUT2D eigenvalue weighted by molar-refractivity contribution is 6.30. The number of aliphatic hydroxyl groups excluding tert-OH is 2. The number of aliphatic hydroxyl groups is 2. The summed E-state index contributed by atoms with van der Waals surface area (Å²) in [7, 11) is 0. The molecular formula is C28H23ClF4N6O3. The fourth-order valence-corrected chi connectivity index (χ4v) is 5.42. The Morgan fingerprint density at radius 3 is 2.67 bits per heavy atom. The van der Waals surface area contributed by atoms with E-state index >= 15 is 0 Å². The van der Waals surface area contributed by atoms with Gasteiger partial charge in [-0.1, -0.05) is 41.1 Å². The van der Waals surface area contributed by atoms with Gasteiger partial charge in [0.05, 0.1) is 30.1 Å². The summed E-state index contributed by atoms with van der Waals surface area (Å²) in [6, 6.07) is 12.4. The zero-order chi connectivity index (χ0) is 29.8. The molecule has 3 aromatic carbocycles. The molecule has 0 radical (unpaired) electrons. The van der Waals surface area contributed by atoms with Crippen LogP contribution in [0.1, 0.15) is 35.8 Å². The highest BCUT2D eigenvalue weighted by atomic mass is 35.5. The van der Waals surface area contributed by atoms with Gasteiger partial charge >= 0.3 is 6.18 Å². The van der Waals surface area contributed by atoms with Crippen LogP contribution in [-0.2, 0) is 10.9 Å². The average Bonchev–Trinajstić information content (AvgIpc) is 3.60. The first-order chi connectivity index (χ1) is 20.0. The first-order valence-corrected chi connectivity index (χ1v) is 13.3. The average molecular weight is 603 g/mol. The molecule has 4 atom stereocenters. The molecule has 1 saturated heterocycles. The van der Waals surface area contributed by atoms with E-state index < -0.39 is 48.5 Å². The Morgan fingerprint density at radius 1 is 1.12 bits per heavy atom. The van der Waals surface area contributed by atoms with Crippen molar-refractivity contribution in [3.63, 3.8) is 0 Å². The Labute approximate surface area is 240 Å². The van der Waals surface area contributed by atoms with E-state index in [2.05, 4.69) is 20.4 Å². The molecule has 218 valence electrons. The maximum absolute atomic E-state index is 14.8. The SMILES string of the molecule is Cc1nc(C2CC(n3cc(-c4cc(F)c5ccccc5c4)nn3)C(O)C(CO)O2)n(-c2cc(Cl)ccc2C(F)(F)F)n1. The van der Waals surface area contributed by atoms with E-state index in [4.69, 9.17) is 16.3 Å². The van der Waals surface area contributed by atoms with E-state index in [0.717, 1.165) is 22.9 Å². The molecule has 1 fully saturated rings. The standard InChI is InChI=1S/C28H23ClF4N6O3/c1-14-34-27(39(36-14)22-10-17(29)6-7-19(22)28(31,32)33)24-11-23(26(41)25(13-40)42-24)38-12-21(35-37-38)16-8-15-4-2-3-5-18(15)20(30)9-16/h2-10,12,23-26,40-41H,11,13H2,1H3. The van der Waals surface area contributed by atoms with Crippen LogP contribution < -0.4 is 0 Å². The summed E-state index contributed by atoms with van der Waals surface area (Å²) >= 11 is 6.06. The second-order valence-corrected chi connectivity index (χ2v) is 10.4. The minimum absolute atomic E-state index is 0.00734. The summed E-state index contributed by atoms with van der Waals surface area (Å²) < 4.78 is 64.8. The van der Waals surface area contributed by atoms with Crippen LogP contribution in [-0.4, -0.2) is 58.8 Å². The van der Waals surface area contributed by atoms with Gasteiger partial charge in [0.1, 0.15) is 35.6 Å². The molecule has 2 N–H and O–H groups in total. The van der Waals surface area contributed by atoms with Gasteiger partial charge in [-0.2, -0.15) is 18.3 Å². The molecule has 0 amide bonds. The van der Waals surface area contributed by atoms with Crippen molar-refractivity contribution < 1.29 is 32.5 Å². The summed E-state index contributed by atoms with van der Waals surface area (Å²) in [4.78, 5) is 4.34. The molecule has 42 heavy (non-hydrogen) atoms. The Balaban J connectivity index is 1.38. The van der Waals surface area contributed by atoms with E-state index in [1.54, 1.807) is 30.3 Å². The van der Waals surface area contributed by atoms with Gasteiger partial charge in [0.25, 0.3) is 0 Å². The van der Waals surface area contributed by atoms with Crippen LogP contribution in [0.5, 0.6) is 0 Å². The molecule has 2 aromatic heterocycles. The smallest absolute Gasteiger partial charge is 0.394 e. The fraction of sp³-hybridized carbons (Fsp3) is 0.286. The lowest BCUT2D eigenvalue weighted by atomic mass is 9.95. The van der Waals surface area contributed by atoms with Gasteiger partial charge in [-0.3, -0.25) is 0 Å². The second-order valence-electron chi connectivity index (χ2n) is 9.99. The number of rotatable bonds is 5. The van der Waals surface area contributed by atoms with E-state index in [1.165, 1.54) is 23.9 Å². The second kappa shape index (κ2) is 10.7. The van der Waals surface area contributed by atoms with Crippen LogP contribution in [0.4, 0.5) is 17.6 Å². The zero-order valence-corrected chi connectivity index (χ0v) is 22.6. The summed E-state index contributed by atoms with van der Waals surface area (Å²) in [5.74, 6) is -0.239. The summed E-state index contributed by atoms with van der Waals surface area (Å²) in [5.41, 5.74) is -0.528. The van der Waals surface area contributed by atoms with Gasteiger partial charge in [0, 0.05) is 22.4 Å². The van der Waals surface area contributed by atoms with E-state index in [0.29, 0.717) is 22.0 Å². The topological polar surface area (TPSA) is 111 Å². The maximum atomic E-state index is 14.8. The predicted molar refractivity (Wildman–Crippen MR) is 143 cm³/mol. The largest absolute Gasteiger partial charge is 0.418 e. The number of ether oxygens (including phenoxy) is 1. The monoisotopic (exact) mass is 602 g/mol.